The zero-order valence-corrected chi connectivity index (χ0v) is 10.4. The van der Waals surface area contributed by atoms with Gasteiger partial charge in [-0.3, -0.25) is 4.79 Å². The van der Waals surface area contributed by atoms with Gasteiger partial charge in [-0.15, -0.1) is 0 Å². The molecule has 3 heteroatoms. The molecule has 1 aliphatic rings. The van der Waals surface area contributed by atoms with E-state index in [-0.39, 0.29) is 12.0 Å². The minimum atomic E-state index is -0.141. The molecule has 0 aliphatic carbocycles. The molecule has 1 aromatic rings. The quantitative estimate of drug-likeness (QED) is 0.807. The van der Waals surface area contributed by atoms with Crippen molar-refractivity contribution < 1.29 is 9.53 Å². The maximum Gasteiger partial charge on any atom is 0.322 e. The summed E-state index contributed by atoms with van der Waals surface area (Å²) in [4.78, 5) is 11.4. The second-order valence-electron chi connectivity index (χ2n) is 4.72. The van der Waals surface area contributed by atoms with Gasteiger partial charge >= 0.3 is 5.97 Å². The molecule has 1 fully saturated rings. The van der Waals surface area contributed by atoms with E-state index in [1.54, 1.807) is 0 Å². The molecule has 3 nitrogen and oxygen atoms in total. The van der Waals surface area contributed by atoms with Crippen LogP contribution in [0.1, 0.15) is 17.5 Å². The van der Waals surface area contributed by atoms with E-state index in [2.05, 4.69) is 36.5 Å². The average Bonchev–Trinajstić information content (AvgIpc) is 2.80. The summed E-state index contributed by atoms with van der Waals surface area (Å²) < 4.78 is 4.75. The van der Waals surface area contributed by atoms with Gasteiger partial charge in [0, 0.05) is 0 Å². The summed E-state index contributed by atoms with van der Waals surface area (Å²) in [5.41, 5.74) is 2.71. The summed E-state index contributed by atoms with van der Waals surface area (Å²) in [7, 11) is 1.44. The minimum absolute atomic E-state index is 0.117. The first-order valence-electron chi connectivity index (χ1n) is 6.06. The number of carbonyl (C=O) groups is 1. The van der Waals surface area contributed by atoms with E-state index in [9.17, 15) is 4.79 Å². The maximum absolute atomic E-state index is 11.4. The molecule has 17 heavy (non-hydrogen) atoms. The van der Waals surface area contributed by atoms with Crippen molar-refractivity contribution in [1.29, 1.82) is 0 Å². The summed E-state index contributed by atoms with van der Waals surface area (Å²) in [6.07, 6.45) is 1.91. The second kappa shape index (κ2) is 5.32. The minimum Gasteiger partial charge on any atom is -0.468 e. The lowest BCUT2D eigenvalue weighted by atomic mass is 9.94. The van der Waals surface area contributed by atoms with Crippen molar-refractivity contribution in [3.63, 3.8) is 0 Å². The van der Waals surface area contributed by atoms with Crippen LogP contribution in [0.15, 0.2) is 24.3 Å². The third kappa shape index (κ3) is 2.86. The first kappa shape index (κ1) is 12.1. The fourth-order valence-corrected chi connectivity index (χ4v) is 2.44. The van der Waals surface area contributed by atoms with Crippen molar-refractivity contribution in [1.82, 2.24) is 5.32 Å². The Balaban J connectivity index is 1.94. The number of hydrogen-bond donors (Lipinski definition) is 1. The lowest BCUT2D eigenvalue weighted by molar-refractivity contribution is -0.142. The molecule has 1 aromatic carbocycles. The molecule has 0 bridgehead atoms. The number of methoxy groups -OCH3 is 1. The number of benzene rings is 1. The van der Waals surface area contributed by atoms with Crippen LogP contribution in [0.3, 0.4) is 0 Å². The first-order chi connectivity index (χ1) is 8.20. The lowest BCUT2D eigenvalue weighted by Crippen LogP contribution is -2.31. The van der Waals surface area contributed by atoms with E-state index in [0.29, 0.717) is 5.92 Å². The Kier molecular flexibility index (Phi) is 3.79. The van der Waals surface area contributed by atoms with E-state index in [1.807, 2.05) is 0 Å². The summed E-state index contributed by atoms with van der Waals surface area (Å²) in [5.74, 6) is 0.387. The van der Waals surface area contributed by atoms with E-state index in [0.717, 1.165) is 19.4 Å². The number of esters is 1. The first-order valence-corrected chi connectivity index (χ1v) is 6.06. The monoisotopic (exact) mass is 233 g/mol. The molecule has 1 N–H and O–H groups in total. The van der Waals surface area contributed by atoms with Crippen LogP contribution >= 0.6 is 0 Å². The SMILES string of the molecule is COC(=O)C1CC(Cc2ccccc2C)CN1. The third-order valence-electron chi connectivity index (χ3n) is 3.48. The average molecular weight is 233 g/mol. The molecular weight excluding hydrogens is 214 g/mol. The number of carbonyl (C=O) groups excluding carboxylic acids is 1. The molecule has 1 heterocycles. The normalized spacial score (nSPS) is 23.6. The van der Waals surface area contributed by atoms with Crippen molar-refractivity contribution in [3.05, 3.63) is 35.4 Å². The van der Waals surface area contributed by atoms with Gasteiger partial charge < -0.3 is 10.1 Å². The molecule has 0 aromatic heterocycles. The highest BCUT2D eigenvalue weighted by molar-refractivity contribution is 5.76. The van der Waals surface area contributed by atoms with Crippen LogP contribution in [0.4, 0.5) is 0 Å². The van der Waals surface area contributed by atoms with Gasteiger partial charge in [0.1, 0.15) is 6.04 Å². The molecule has 0 saturated carbocycles. The van der Waals surface area contributed by atoms with Crippen LogP contribution in [0, 0.1) is 12.8 Å². The van der Waals surface area contributed by atoms with E-state index < -0.39 is 0 Å². The molecular formula is C14H19NO2. The number of ether oxygens (including phenoxy) is 1. The van der Waals surface area contributed by atoms with Crippen molar-refractivity contribution in [3.8, 4) is 0 Å². The topological polar surface area (TPSA) is 38.3 Å². The highest BCUT2D eigenvalue weighted by Crippen LogP contribution is 2.21. The van der Waals surface area contributed by atoms with Gasteiger partial charge in [-0.25, -0.2) is 0 Å². The van der Waals surface area contributed by atoms with Crippen LogP contribution in [0.25, 0.3) is 0 Å². The fourth-order valence-electron chi connectivity index (χ4n) is 2.44. The third-order valence-corrected chi connectivity index (χ3v) is 3.48. The van der Waals surface area contributed by atoms with Gasteiger partial charge in [0.25, 0.3) is 0 Å². The van der Waals surface area contributed by atoms with Crippen LogP contribution in [-0.2, 0) is 16.0 Å². The molecule has 0 amide bonds. The predicted octanol–water partition coefficient (Wildman–Crippen LogP) is 1.69. The largest absolute Gasteiger partial charge is 0.468 e. The number of aryl methyl sites for hydroxylation is 1. The Morgan fingerprint density at radius 2 is 2.24 bits per heavy atom. The molecule has 0 radical (unpaired) electrons. The van der Waals surface area contributed by atoms with Crippen LogP contribution < -0.4 is 5.32 Å². The lowest BCUT2D eigenvalue weighted by Gasteiger charge is -2.11. The van der Waals surface area contributed by atoms with Gasteiger partial charge in [-0.2, -0.15) is 0 Å². The second-order valence-corrected chi connectivity index (χ2v) is 4.72. The molecule has 2 unspecified atom stereocenters. The van der Waals surface area contributed by atoms with E-state index in [4.69, 9.17) is 4.74 Å². The van der Waals surface area contributed by atoms with Gasteiger partial charge in [-0.05, 0) is 43.4 Å². The Labute approximate surface area is 102 Å². The van der Waals surface area contributed by atoms with Crippen LogP contribution in [0.5, 0.6) is 0 Å². The molecule has 92 valence electrons. The molecule has 1 aliphatic heterocycles. The van der Waals surface area contributed by atoms with Crippen LogP contribution in [-0.4, -0.2) is 25.7 Å². The standard InChI is InChI=1S/C14H19NO2/c1-10-5-3-4-6-12(10)7-11-8-13(15-9-11)14(16)17-2/h3-6,11,13,15H,7-9H2,1-2H3. The zero-order valence-electron chi connectivity index (χ0n) is 10.4. The smallest absolute Gasteiger partial charge is 0.322 e. The molecule has 2 rings (SSSR count). The van der Waals surface area contributed by atoms with Gasteiger partial charge in [0.15, 0.2) is 0 Å². The maximum atomic E-state index is 11.4. The summed E-state index contributed by atoms with van der Waals surface area (Å²) >= 11 is 0. The van der Waals surface area contributed by atoms with Crippen molar-refractivity contribution in [2.24, 2.45) is 5.92 Å². The number of nitrogens with one attached hydrogen (secondary N) is 1. The molecule has 1 saturated heterocycles. The number of hydrogen-bond acceptors (Lipinski definition) is 3. The van der Waals surface area contributed by atoms with E-state index in [1.165, 1.54) is 18.2 Å². The van der Waals surface area contributed by atoms with Crippen molar-refractivity contribution >= 4 is 5.97 Å². The van der Waals surface area contributed by atoms with Gasteiger partial charge in [0.05, 0.1) is 7.11 Å². The van der Waals surface area contributed by atoms with E-state index >= 15 is 0 Å². The highest BCUT2D eigenvalue weighted by atomic mass is 16.5. The number of rotatable bonds is 3. The summed E-state index contributed by atoms with van der Waals surface area (Å²) in [6.45, 7) is 3.03. The Bertz CT molecular complexity index is 403. The summed E-state index contributed by atoms with van der Waals surface area (Å²) in [6, 6.07) is 8.32. The Morgan fingerprint density at radius 3 is 2.94 bits per heavy atom. The van der Waals surface area contributed by atoms with Gasteiger partial charge in [0.2, 0.25) is 0 Å². The highest BCUT2D eigenvalue weighted by Gasteiger charge is 2.30. The van der Waals surface area contributed by atoms with Crippen LogP contribution in [0.2, 0.25) is 0 Å². The Hall–Kier alpha value is -1.35. The van der Waals surface area contributed by atoms with Crippen molar-refractivity contribution in [2.75, 3.05) is 13.7 Å². The molecule has 0 spiro atoms. The zero-order chi connectivity index (χ0) is 12.3. The van der Waals surface area contributed by atoms with Gasteiger partial charge in [-0.1, -0.05) is 24.3 Å². The van der Waals surface area contributed by atoms with Crippen molar-refractivity contribution in [2.45, 2.75) is 25.8 Å². The fraction of sp³-hybridized carbons (Fsp3) is 0.500. The summed E-state index contributed by atoms with van der Waals surface area (Å²) in [5, 5.41) is 3.22. The molecule has 2 atom stereocenters. The Morgan fingerprint density at radius 1 is 1.47 bits per heavy atom. The predicted molar refractivity (Wildman–Crippen MR) is 66.8 cm³/mol.